The fraction of sp³-hybridized carbons (Fsp3) is 0.867. The molecule has 0 spiro atoms. The van der Waals surface area contributed by atoms with Gasteiger partial charge >= 0.3 is 30.0 Å². The molecule has 1 aliphatic rings. The number of hydrogen-bond acceptors (Lipinski definition) is 2. The second-order valence-corrected chi connectivity index (χ2v) is 6.50. The molecule has 4 nitrogen and oxygen atoms in total. The van der Waals surface area contributed by atoms with E-state index in [1.165, 1.54) is 0 Å². The number of rotatable bonds is 3. The number of imide groups is 1. The Labute approximate surface area is 146 Å². The third-order valence-electron chi connectivity index (χ3n) is 4.27. The predicted molar refractivity (Wildman–Crippen MR) is 78.0 cm³/mol. The van der Waals surface area contributed by atoms with Crippen molar-refractivity contribution >= 4 is 11.9 Å². The van der Waals surface area contributed by atoms with Crippen molar-refractivity contribution in [3.05, 3.63) is 0 Å². The Morgan fingerprint density at radius 3 is 1.62 bits per heavy atom. The van der Waals surface area contributed by atoms with Crippen LogP contribution in [0.25, 0.3) is 0 Å². The van der Waals surface area contributed by atoms with Gasteiger partial charge in [0.2, 0.25) is 0 Å². The number of carbonyl (C=O) groups excluding carboxylic acids is 2. The van der Waals surface area contributed by atoms with E-state index in [9.17, 15) is 40.3 Å². The van der Waals surface area contributed by atoms with E-state index in [1.54, 1.807) is 0 Å². The maximum absolute atomic E-state index is 13.9. The van der Waals surface area contributed by atoms with E-state index in [0.29, 0.717) is 30.6 Å². The lowest BCUT2D eigenvalue weighted by molar-refractivity contribution is -0.345. The highest BCUT2D eigenvalue weighted by atomic mass is 19.4. The maximum atomic E-state index is 13.9. The van der Waals surface area contributed by atoms with Gasteiger partial charge in [0.1, 0.15) is 0 Å². The first kappa shape index (κ1) is 22.5. The van der Waals surface area contributed by atoms with Crippen molar-refractivity contribution in [2.45, 2.75) is 69.0 Å². The topological polar surface area (TPSA) is 40.6 Å². The van der Waals surface area contributed by atoms with Crippen molar-refractivity contribution in [1.82, 2.24) is 9.80 Å². The molecule has 0 atom stereocenters. The first-order chi connectivity index (χ1) is 11.7. The minimum Gasteiger partial charge on any atom is -0.330 e. The van der Waals surface area contributed by atoms with Gasteiger partial charge in [-0.3, -0.25) is 9.69 Å². The number of hydrogen-bond donors (Lipinski definition) is 0. The van der Waals surface area contributed by atoms with Gasteiger partial charge in [-0.05, 0) is 12.8 Å². The van der Waals surface area contributed by atoms with Crippen molar-refractivity contribution in [2.24, 2.45) is 0 Å². The van der Waals surface area contributed by atoms with Gasteiger partial charge in [0.05, 0.1) is 0 Å². The fourth-order valence-electron chi connectivity index (χ4n) is 2.78. The highest BCUT2D eigenvalue weighted by Crippen LogP contribution is 2.47. The Balaban J connectivity index is 3.28. The summed E-state index contributed by atoms with van der Waals surface area (Å²) in [6.45, 7) is 0. The van der Waals surface area contributed by atoms with E-state index in [-0.39, 0.29) is 17.7 Å². The van der Waals surface area contributed by atoms with Gasteiger partial charge in [0, 0.05) is 20.1 Å². The van der Waals surface area contributed by atoms with Crippen molar-refractivity contribution in [1.29, 1.82) is 0 Å². The number of nitrogens with zero attached hydrogens (tertiary/aromatic N) is 2. The summed E-state index contributed by atoms with van der Waals surface area (Å²) in [6.07, 6.45) is -3.40. The van der Waals surface area contributed by atoms with Gasteiger partial charge in [0.15, 0.2) is 0 Å². The Hall–Kier alpha value is -1.55. The zero-order chi connectivity index (χ0) is 20.3. The molecule has 0 unspecified atom stereocenters. The third-order valence-corrected chi connectivity index (χ3v) is 4.27. The SMILES string of the molecule is CN(C)C(=O)N(C(=O)C(F)(F)C(F)(F)C(F)(F)F)C1CCCCCCC1. The molecular weight excluding hydrogens is 373 g/mol. The highest BCUT2D eigenvalue weighted by Gasteiger charge is 2.77. The molecule has 0 N–H and O–H groups in total. The normalized spacial score (nSPS) is 18.0. The van der Waals surface area contributed by atoms with Crippen LogP contribution >= 0.6 is 0 Å². The molecule has 0 radical (unpaired) electrons. The Bertz CT molecular complexity index is 513. The molecule has 0 heterocycles. The zero-order valence-electron chi connectivity index (χ0n) is 14.4. The minimum absolute atomic E-state index is 0.0684. The molecule has 1 saturated carbocycles. The lowest BCUT2D eigenvalue weighted by atomic mass is 9.95. The van der Waals surface area contributed by atoms with Crippen LogP contribution in [-0.2, 0) is 4.79 Å². The maximum Gasteiger partial charge on any atom is 0.460 e. The Morgan fingerprint density at radius 2 is 1.23 bits per heavy atom. The molecule has 0 aliphatic heterocycles. The summed E-state index contributed by atoms with van der Waals surface area (Å²) < 4.78 is 91.4. The van der Waals surface area contributed by atoms with Gasteiger partial charge in [0.25, 0.3) is 0 Å². The summed E-state index contributed by atoms with van der Waals surface area (Å²) in [5.41, 5.74) is 0. The molecule has 152 valence electrons. The smallest absolute Gasteiger partial charge is 0.330 e. The molecule has 0 aromatic carbocycles. The van der Waals surface area contributed by atoms with Gasteiger partial charge in [-0.1, -0.05) is 32.1 Å². The highest BCUT2D eigenvalue weighted by molar-refractivity contribution is 5.99. The average molecular weight is 394 g/mol. The van der Waals surface area contributed by atoms with Crippen LogP contribution in [0.4, 0.5) is 35.5 Å². The number of urea groups is 1. The fourth-order valence-corrected chi connectivity index (χ4v) is 2.78. The van der Waals surface area contributed by atoms with Crippen LogP contribution in [-0.4, -0.2) is 59.9 Å². The van der Waals surface area contributed by atoms with Crippen LogP contribution in [0.5, 0.6) is 0 Å². The van der Waals surface area contributed by atoms with Gasteiger partial charge in [-0.15, -0.1) is 0 Å². The number of carbonyl (C=O) groups is 2. The summed E-state index contributed by atoms with van der Waals surface area (Å²) in [4.78, 5) is 24.8. The second-order valence-electron chi connectivity index (χ2n) is 6.50. The molecule has 3 amide bonds. The summed E-state index contributed by atoms with van der Waals surface area (Å²) in [7, 11) is 2.18. The molecule has 1 aliphatic carbocycles. The first-order valence-electron chi connectivity index (χ1n) is 8.12. The van der Waals surface area contributed by atoms with Crippen LogP contribution in [0, 0.1) is 0 Å². The molecule has 0 aromatic heterocycles. The average Bonchev–Trinajstić information content (AvgIpc) is 2.47. The third kappa shape index (κ3) is 4.40. The van der Waals surface area contributed by atoms with E-state index in [4.69, 9.17) is 0 Å². The molecule has 26 heavy (non-hydrogen) atoms. The summed E-state index contributed by atoms with van der Waals surface area (Å²) in [5.74, 6) is -15.5. The summed E-state index contributed by atoms with van der Waals surface area (Å²) in [5, 5.41) is 0. The van der Waals surface area contributed by atoms with Crippen molar-refractivity contribution in [3.63, 3.8) is 0 Å². The zero-order valence-corrected chi connectivity index (χ0v) is 14.4. The van der Waals surface area contributed by atoms with E-state index in [2.05, 4.69) is 0 Å². The Kier molecular flexibility index (Phi) is 6.92. The van der Waals surface area contributed by atoms with Crippen LogP contribution in [0.2, 0.25) is 0 Å². The summed E-state index contributed by atoms with van der Waals surface area (Å²) >= 11 is 0. The van der Waals surface area contributed by atoms with Crippen molar-refractivity contribution in [3.8, 4) is 0 Å². The molecule has 0 bridgehead atoms. The van der Waals surface area contributed by atoms with Crippen LogP contribution in [0.3, 0.4) is 0 Å². The molecule has 0 saturated heterocycles. The van der Waals surface area contributed by atoms with E-state index < -0.39 is 36.0 Å². The monoisotopic (exact) mass is 394 g/mol. The van der Waals surface area contributed by atoms with Gasteiger partial charge in [-0.25, -0.2) is 4.79 Å². The largest absolute Gasteiger partial charge is 0.460 e. The van der Waals surface area contributed by atoms with Crippen LogP contribution < -0.4 is 0 Å². The first-order valence-corrected chi connectivity index (χ1v) is 8.12. The molecule has 1 rings (SSSR count). The summed E-state index contributed by atoms with van der Waals surface area (Å²) in [6, 6.07) is -2.51. The number of halogens is 7. The predicted octanol–water partition coefficient (Wildman–Crippen LogP) is 4.44. The molecule has 1 fully saturated rings. The molecule has 0 aromatic rings. The van der Waals surface area contributed by atoms with Gasteiger partial charge < -0.3 is 4.90 Å². The standard InChI is InChI=1S/C15H21F7N2O2/c1-23(2)12(26)24(10-8-6-4-3-5-7-9-10)11(25)13(16,17)14(18,19)15(20,21)22/h10H,3-9H2,1-2H3. The van der Waals surface area contributed by atoms with Crippen LogP contribution in [0.1, 0.15) is 44.9 Å². The lowest BCUT2D eigenvalue weighted by Crippen LogP contribution is -2.63. The van der Waals surface area contributed by atoms with Crippen molar-refractivity contribution in [2.75, 3.05) is 14.1 Å². The molecule has 11 heteroatoms. The minimum atomic E-state index is -6.64. The second kappa shape index (κ2) is 7.99. The van der Waals surface area contributed by atoms with Crippen LogP contribution in [0.15, 0.2) is 0 Å². The van der Waals surface area contributed by atoms with E-state index >= 15 is 0 Å². The van der Waals surface area contributed by atoms with E-state index in [1.807, 2.05) is 0 Å². The molecular formula is C15H21F7N2O2. The Morgan fingerprint density at radius 1 is 0.808 bits per heavy atom. The van der Waals surface area contributed by atoms with Gasteiger partial charge in [-0.2, -0.15) is 30.7 Å². The van der Waals surface area contributed by atoms with Crippen molar-refractivity contribution < 1.29 is 40.3 Å². The quantitative estimate of drug-likeness (QED) is 0.664. The lowest BCUT2D eigenvalue weighted by Gasteiger charge is -2.37. The number of alkyl halides is 7. The number of amides is 3. The van der Waals surface area contributed by atoms with E-state index in [0.717, 1.165) is 20.5 Å².